The zero-order valence-corrected chi connectivity index (χ0v) is 21.3. The highest BCUT2D eigenvalue weighted by atomic mass is 127. The topological polar surface area (TPSA) is 67.9 Å². The average Bonchev–Trinajstić information content (AvgIpc) is 2.82. The largest absolute Gasteiger partial charge is 0.494 e. The molecule has 0 radical (unpaired) electrons. The molecule has 1 saturated heterocycles. The smallest absolute Gasteiger partial charge is 0.270 e. The van der Waals surface area contributed by atoms with Crippen molar-refractivity contribution >= 4 is 63.5 Å². The summed E-state index contributed by atoms with van der Waals surface area (Å²) in [5.41, 5.74) is 2.27. The summed E-state index contributed by atoms with van der Waals surface area (Å²) in [5, 5.41) is 2.63. The Morgan fingerprint density at radius 2 is 1.71 bits per heavy atom. The highest BCUT2D eigenvalue weighted by Gasteiger charge is 2.34. The first-order valence-electron chi connectivity index (χ1n) is 10.6. The molecular formula is C26H21IN2O4S. The molecule has 3 aromatic carbocycles. The van der Waals surface area contributed by atoms with Gasteiger partial charge in [0, 0.05) is 9.64 Å². The first kappa shape index (κ1) is 23.9. The van der Waals surface area contributed by atoms with E-state index in [4.69, 9.17) is 21.7 Å². The van der Waals surface area contributed by atoms with Gasteiger partial charge in [-0.2, -0.15) is 0 Å². The van der Waals surface area contributed by atoms with Gasteiger partial charge in [0.1, 0.15) is 23.7 Å². The lowest BCUT2D eigenvalue weighted by Gasteiger charge is -2.29. The molecule has 0 aromatic heterocycles. The van der Waals surface area contributed by atoms with Crippen LogP contribution in [0.1, 0.15) is 18.1 Å². The van der Waals surface area contributed by atoms with Crippen LogP contribution in [0.2, 0.25) is 0 Å². The fourth-order valence-electron chi connectivity index (χ4n) is 3.35. The molecule has 1 aliphatic heterocycles. The predicted octanol–water partition coefficient (Wildman–Crippen LogP) is 5.10. The molecule has 0 saturated carbocycles. The summed E-state index contributed by atoms with van der Waals surface area (Å²) in [6.07, 6.45) is 1.54. The van der Waals surface area contributed by atoms with Crippen molar-refractivity contribution in [3.05, 3.63) is 93.1 Å². The summed E-state index contributed by atoms with van der Waals surface area (Å²) < 4.78 is 12.5. The molecule has 2 amide bonds. The van der Waals surface area contributed by atoms with E-state index in [1.165, 1.54) is 8.47 Å². The number of carbonyl (C=O) groups excluding carboxylic acids is 2. The molecule has 1 heterocycles. The molecule has 34 heavy (non-hydrogen) atoms. The van der Waals surface area contributed by atoms with Crippen molar-refractivity contribution in [3.63, 3.8) is 0 Å². The van der Waals surface area contributed by atoms with Gasteiger partial charge in [-0.3, -0.25) is 19.8 Å². The fourth-order valence-corrected chi connectivity index (χ4v) is 3.99. The van der Waals surface area contributed by atoms with Crippen LogP contribution in [0.15, 0.2) is 78.4 Å². The van der Waals surface area contributed by atoms with Crippen molar-refractivity contribution in [2.24, 2.45) is 0 Å². The van der Waals surface area contributed by atoms with E-state index in [0.29, 0.717) is 36.0 Å². The third-order valence-electron chi connectivity index (χ3n) is 5.00. The molecule has 0 unspecified atom stereocenters. The number of anilines is 1. The van der Waals surface area contributed by atoms with E-state index < -0.39 is 11.8 Å². The van der Waals surface area contributed by atoms with Crippen LogP contribution in [0.5, 0.6) is 11.5 Å². The molecule has 1 aliphatic rings. The van der Waals surface area contributed by atoms with Crippen molar-refractivity contribution in [2.75, 3.05) is 11.5 Å². The van der Waals surface area contributed by atoms with Gasteiger partial charge in [0.2, 0.25) is 0 Å². The minimum absolute atomic E-state index is 0.0111. The van der Waals surface area contributed by atoms with Crippen molar-refractivity contribution in [2.45, 2.75) is 13.5 Å². The quantitative estimate of drug-likeness (QED) is 0.181. The minimum atomic E-state index is -0.536. The van der Waals surface area contributed by atoms with Crippen molar-refractivity contribution < 1.29 is 19.1 Å². The van der Waals surface area contributed by atoms with Crippen molar-refractivity contribution in [1.29, 1.82) is 0 Å². The molecule has 172 valence electrons. The van der Waals surface area contributed by atoms with Crippen molar-refractivity contribution in [1.82, 2.24) is 5.32 Å². The Morgan fingerprint density at radius 1 is 0.971 bits per heavy atom. The van der Waals surface area contributed by atoms with Crippen LogP contribution in [0, 0.1) is 3.57 Å². The van der Waals surface area contributed by atoms with Crippen LogP contribution in [0.25, 0.3) is 6.08 Å². The Hall–Kier alpha value is -3.24. The molecular weight excluding hydrogens is 563 g/mol. The maximum Gasteiger partial charge on any atom is 0.270 e. The van der Waals surface area contributed by atoms with Crippen LogP contribution in [-0.4, -0.2) is 23.5 Å². The van der Waals surface area contributed by atoms with E-state index in [1.807, 2.05) is 31.2 Å². The zero-order valence-electron chi connectivity index (χ0n) is 18.3. The lowest BCUT2D eigenvalue weighted by molar-refractivity contribution is -0.122. The Labute approximate surface area is 216 Å². The number of carbonyl (C=O) groups is 2. The number of rotatable bonds is 7. The van der Waals surface area contributed by atoms with Gasteiger partial charge < -0.3 is 9.47 Å². The highest BCUT2D eigenvalue weighted by Crippen LogP contribution is 2.26. The zero-order chi connectivity index (χ0) is 24.1. The molecule has 6 nitrogen and oxygen atoms in total. The SMILES string of the molecule is CCOc1cccc(N2C(=O)/C(=C/c3ccc(OCc4ccc(I)cc4)cc3)C(=O)NC2=S)c1. The van der Waals surface area contributed by atoms with E-state index in [2.05, 4.69) is 27.9 Å². The van der Waals surface area contributed by atoms with Crippen LogP contribution in [0.3, 0.4) is 0 Å². The number of thiocarbonyl (C=S) groups is 1. The van der Waals surface area contributed by atoms with Gasteiger partial charge in [-0.1, -0.05) is 30.3 Å². The standard InChI is InChI=1S/C26H21IN2O4S/c1-2-32-22-5-3-4-20(15-22)29-25(31)23(24(30)28-26(29)34)14-17-8-12-21(13-9-17)33-16-18-6-10-19(27)11-7-18/h3-15H,2,16H2,1H3,(H,28,30,34)/b23-14+. The summed E-state index contributed by atoms with van der Waals surface area (Å²) in [5.74, 6) is 0.266. The Kier molecular flexibility index (Phi) is 7.59. The summed E-state index contributed by atoms with van der Waals surface area (Å²) in [4.78, 5) is 27.1. The number of amides is 2. The van der Waals surface area contributed by atoms with E-state index >= 15 is 0 Å². The van der Waals surface area contributed by atoms with Gasteiger partial charge in [0.05, 0.1) is 12.3 Å². The monoisotopic (exact) mass is 584 g/mol. The maximum absolute atomic E-state index is 13.2. The van der Waals surface area contributed by atoms with Gasteiger partial charge in [-0.05, 0) is 95.3 Å². The Balaban J connectivity index is 1.51. The van der Waals surface area contributed by atoms with Crippen LogP contribution in [0.4, 0.5) is 5.69 Å². The Bertz CT molecular complexity index is 1260. The second-order valence-corrected chi connectivity index (χ2v) is 9.00. The van der Waals surface area contributed by atoms with Gasteiger partial charge in [-0.25, -0.2) is 0 Å². The lowest BCUT2D eigenvalue weighted by Crippen LogP contribution is -2.54. The van der Waals surface area contributed by atoms with Gasteiger partial charge in [0.15, 0.2) is 5.11 Å². The Morgan fingerprint density at radius 3 is 2.41 bits per heavy atom. The number of nitrogens with zero attached hydrogens (tertiary/aromatic N) is 1. The highest BCUT2D eigenvalue weighted by molar-refractivity contribution is 14.1. The summed E-state index contributed by atoms with van der Waals surface area (Å²) in [6, 6.07) is 22.3. The molecule has 0 spiro atoms. The van der Waals surface area contributed by atoms with Gasteiger partial charge in [-0.15, -0.1) is 0 Å². The molecule has 0 bridgehead atoms. The number of hydrogen-bond donors (Lipinski definition) is 1. The van der Waals surface area contributed by atoms with Gasteiger partial charge >= 0.3 is 0 Å². The maximum atomic E-state index is 13.2. The van der Waals surface area contributed by atoms with Crippen LogP contribution in [-0.2, 0) is 16.2 Å². The summed E-state index contributed by atoms with van der Waals surface area (Å²) in [7, 11) is 0. The first-order chi connectivity index (χ1) is 16.4. The van der Waals surface area contributed by atoms with E-state index in [1.54, 1.807) is 54.6 Å². The summed E-state index contributed by atoms with van der Waals surface area (Å²) in [6.45, 7) is 2.82. The third kappa shape index (κ3) is 5.63. The molecule has 8 heteroatoms. The number of ether oxygens (including phenoxy) is 2. The lowest BCUT2D eigenvalue weighted by atomic mass is 10.1. The number of halogens is 1. The first-order valence-corrected chi connectivity index (χ1v) is 12.0. The van der Waals surface area contributed by atoms with E-state index in [0.717, 1.165) is 5.56 Å². The van der Waals surface area contributed by atoms with E-state index in [9.17, 15) is 9.59 Å². The molecule has 3 aromatic rings. The number of benzene rings is 3. The van der Waals surface area contributed by atoms with Crippen molar-refractivity contribution in [3.8, 4) is 11.5 Å². The second kappa shape index (κ2) is 10.8. The molecule has 0 atom stereocenters. The number of hydrogen-bond acceptors (Lipinski definition) is 5. The third-order valence-corrected chi connectivity index (χ3v) is 6.00. The molecule has 1 N–H and O–H groups in total. The minimum Gasteiger partial charge on any atom is -0.494 e. The molecule has 4 rings (SSSR count). The fraction of sp³-hybridized carbons (Fsp3) is 0.115. The average molecular weight is 584 g/mol. The van der Waals surface area contributed by atoms with Crippen LogP contribution < -0.4 is 19.7 Å². The summed E-state index contributed by atoms with van der Waals surface area (Å²) >= 11 is 7.53. The van der Waals surface area contributed by atoms with Gasteiger partial charge in [0.25, 0.3) is 11.8 Å². The molecule has 1 fully saturated rings. The predicted molar refractivity (Wildman–Crippen MR) is 144 cm³/mol. The van der Waals surface area contributed by atoms with E-state index in [-0.39, 0.29) is 10.7 Å². The number of nitrogens with one attached hydrogen (secondary N) is 1. The molecule has 0 aliphatic carbocycles. The van der Waals surface area contributed by atoms with Crippen LogP contribution >= 0.6 is 34.8 Å². The second-order valence-electron chi connectivity index (χ2n) is 7.37. The normalized spacial score (nSPS) is 14.8.